The summed E-state index contributed by atoms with van der Waals surface area (Å²) in [6.45, 7) is 6.46. The highest BCUT2D eigenvalue weighted by molar-refractivity contribution is 14.0. The number of rotatable bonds is 8. The number of halogens is 1. The summed E-state index contributed by atoms with van der Waals surface area (Å²) >= 11 is 1.63. The van der Waals surface area contributed by atoms with Gasteiger partial charge >= 0.3 is 0 Å². The van der Waals surface area contributed by atoms with Gasteiger partial charge in [0, 0.05) is 32.6 Å². The molecule has 0 radical (unpaired) electrons. The van der Waals surface area contributed by atoms with Gasteiger partial charge in [-0.1, -0.05) is 0 Å². The summed E-state index contributed by atoms with van der Waals surface area (Å²) in [4.78, 5) is 22.4. The number of aryl methyl sites for hydroxylation is 1. The Balaban J connectivity index is 0.00000484. The van der Waals surface area contributed by atoms with Gasteiger partial charge in [0.25, 0.3) is 0 Å². The number of ether oxygens (including phenoxy) is 1. The van der Waals surface area contributed by atoms with Gasteiger partial charge in [-0.2, -0.15) is 0 Å². The number of nitrogens with zero attached hydrogens (tertiary/aromatic N) is 3. The highest BCUT2D eigenvalue weighted by Gasteiger charge is 2.09. The molecule has 1 aromatic heterocycles. The molecule has 0 bridgehead atoms. The first-order valence-electron chi connectivity index (χ1n) is 7.22. The van der Waals surface area contributed by atoms with E-state index in [0.717, 1.165) is 17.2 Å². The lowest BCUT2D eigenvalue weighted by atomic mass is 10.4. The van der Waals surface area contributed by atoms with E-state index in [-0.39, 0.29) is 36.4 Å². The molecule has 0 aliphatic heterocycles. The summed E-state index contributed by atoms with van der Waals surface area (Å²) in [6.07, 6.45) is 0. The number of carbonyl (C=O) groups is 1. The molecule has 1 amide bonds. The Kier molecular flexibility index (Phi) is 12.0. The molecular weight excluding hydrogens is 429 g/mol. The highest BCUT2D eigenvalue weighted by atomic mass is 127. The van der Waals surface area contributed by atoms with Gasteiger partial charge in [0.15, 0.2) is 5.96 Å². The topological polar surface area (TPSA) is 78.8 Å². The summed E-state index contributed by atoms with van der Waals surface area (Å²) in [5.41, 5.74) is 1.00. The van der Waals surface area contributed by atoms with Crippen molar-refractivity contribution in [2.24, 2.45) is 4.99 Å². The Labute approximate surface area is 158 Å². The Morgan fingerprint density at radius 3 is 2.78 bits per heavy atom. The minimum absolute atomic E-state index is 0. The second kappa shape index (κ2) is 12.5. The maximum Gasteiger partial charge on any atom is 0.241 e. The lowest BCUT2D eigenvalue weighted by Gasteiger charge is -2.21. The largest absolute Gasteiger partial charge is 0.383 e. The van der Waals surface area contributed by atoms with Crippen molar-refractivity contribution in [3.8, 4) is 0 Å². The lowest BCUT2D eigenvalue weighted by Crippen LogP contribution is -2.39. The first kappa shape index (κ1) is 22.1. The molecule has 7 nitrogen and oxygen atoms in total. The molecule has 0 saturated carbocycles. The number of guanidine groups is 1. The van der Waals surface area contributed by atoms with Gasteiger partial charge in [-0.15, -0.1) is 35.3 Å². The van der Waals surface area contributed by atoms with Crippen LogP contribution in [0.15, 0.2) is 10.4 Å². The SMILES string of the molecule is CCNC(=NCC(=O)NCCOC)N(C)Cc1csc(C)n1.I. The number of hydrogen-bond donors (Lipinski definition) is 2. The van der Waals surface area contributed by atoms with E-state index in [1.807, 2.05) is 31.2 Å². The maximum absolute atomic E-state index is 11.7. The smallest absolute Gasteiger partial charge is 0.241 e. The Hall–Kier alpha value is -0.940. The highest BCUT2D eigenvalue weighted by Crippen LogP contribution is 2.09. The zero-order valence-corrected chi connectivity index (χ0v) is 17.2. The van der Waals surface area contributed by atoms with Crippen molar-refractivity contribution in [1.82, 2.24) is 20.5 Å². The monoisotopic (exact) mass is 455 g/mol. The molecule has 9 heteroatoms. The number of aromatic nitrogens is 1. The van der Waals surface area contributed by atoms with E-state index in [9.17, 15) is 4.79 Å². The van der Waals surface area contributed by atoms with Crippen LogP contribution in [-0.4, -0.2) is 62.1 Å². The van der Waals surface area contributed by atoms with E-state index in [4.69, 9.17) is 4.74 Å². The van der Waals surface area contributed by atoms with Crippen LogP contribution in [0.5, 0.6) is 0 Å². The molecule has 0 unspecified atom stereocenters. The van der Waals surface area contributed by atoms with E-state index >= 15 is 0 Å². The van der Waals surface area contributed by atoms with Crippen molar-refractivity contribution in [3.05, 3.63) is 16.1 Å². The average molecular weight is 455 g/mol. The first-order valence-corrected chi connectivity index (χ1v) is 8.10. The van der Waals surface area contributed by atoms with Crippen LogP contribution in [-0.2, 0) is 16.1 Å². The van der Waals surface area contributed by atoms with Crippen LogP contribution in [0.2, 0.25) is 0 Å². The van der Waals surface area contributed by atoms with E-state index in [2.05, 4.69) is 20.6 Å². The molecule has 0 aliphatic carbocycles. The maximum atomic E-state index is 11.7. The summed E-state index contributed by atoms with van der Waals surface area (Å²) < 4.78 is 4.89. The van der Waals surface area contributed by atoms with Crippen LogP contribution in [0.1, 0.15) is 17.6 Å². The van der Waals surface area contributed by atoms with Gasteiger partial charge in [-0.05, 0) is 13.8 Å². The number of thiazole rings is 1. The van der Waals surface area contributed by atoms with E-state index in [1.54, 1.807) is 18.4 Å². The third kappa shape index (κ3) is 9.06. The van der Waals surface area contributed by atoms with Gasteiger partial charge in [0.05, 0.1) is 23.9 Å². The van der Waals surface area contributed by atoms with Gasteiger partial charge in [0.2, 0.25) is 5.91 Å². The van der Waals surface area contributed by atoms with Gasteiger partial charge in [-0.25, -0.2) is 9.98 Å². The first-order chi connectivity index (χ1) is 10.6. The van der Waals surface area contributed by atoms with Gasteiger partial charge < -0.3 is 20.3 Å². The molecule has 2 N–H and O–H groups in total. The molecule has 0 spiro atoms. The van der Waals surface area contributed by atoms with Gasteiger partial charge in [0.1, 0.15) is 6.54 Å². The standard InChI is InChI=1S/C14H25N5O2S.HI/c1-5-15-14(17-8-13(20)16-6-7-21-4)19(3)9-12-10-22-11(2)18-12;/h10H,5-9H2,1-4H3,(H,15,17)(H,16,20);1H. The second-order valence-electron chi connectivity index (χ2n) is 4.73. The van der Waals surface area contributed by atoms with Crippen molar-refractivity contribution < 1.29 is 9.53 Å². The number of carbonyl (C=O) groups excluding carboxylic acids is 1. The lowest BCUT2D eigenvalue weighted by molar-refractivity contribution is -0.119. The van der Waals surface area contributed by atoms with E-state index in [0.29, 0.717) is 25.7 Å². The summed E-state index contributed by atoms with van der Waals surface area (Å²) in [5.74, 6) is 0.570. The minimum Gasteiger partial charge on any atom is -0.383 e. The predicted octanol–water partition coefficient (Wildman–Crippen LogP) is 1.23. The number of aliphatic imine (C=N–C) groups is 1. The fraction of sp³-hybridized carbons (Fsp3) is 0.643. The van der Waals surface area contributed by atoms with Crippen LogP contribution in [0.3, 0.4) is 0 Å². The Morgan fingerprint density at radius 1 is 1.48 bits per heavy atom. The summed E-state index contributed by atoms with van der Waals surface area (Å²) in [6, 6.07) is 0. The summed E-state index contributed by atoms with van der Waals surface area (Å²) in [5, 5.41) is 9.00. The predicted molar refractivity (Wildman–Crippen MR) is 105 cm³/mol. The van der Waals surface area contributed by atoms with Crippen LogP contribution in [0.4, 0.5) is 0 Å². The van der Waals surface area contributed by atoms with Crippen molar-refractivity contribution in [3.63, 3.8) is 0 Å². The fourth-order valence-electron chi connectivity index (χ4n) is 1.76. The number of nitrogens with one attached hydrogen (secondary N) is 2. The molecular formula is C14H26IN5O2S. The molecule has 1 rings (SSSR count). The Bertz CT molecular complexity index is 495. The van der Waals surface area contributed by atoms with Crippen molar-refractivity contribution >= 4 is 47.2 Å². The normalized spacial score (nSPS) is 10.9. The third-order valence-electron chi connectivity index (χ3n) is 2.76. The molecule has 0 atom stereocenters. The fourth-order valence-corrected chi connectivity index (χ4v) is 2.37. The van der Waals surface area contributed by atoms with E-state index < -0.39 is 0 Å². The van der Waals surface area contributed by atoms with Crippen molar-refractivity contribution in [1.29, 1.82) is 0 Å². The molecule has 1 aromatic rings. The third-order valence-corrected chi connectivity index (χ3v) is 3.59. The van der Waals surface area contributed by atoms with Gasteiger partial charge in [-0.3, -0.25) is 4.79 Å². The zero-order valence-electron chi connectivity index (χ0n) is 14.1. The molecule has 0 saturated heterocycles. The number of amides is 1. The van der Waals surface area contributed by atoms with Crippen LogP contribution in [0.25, 0.3) is 0 Å². The average Bonchev–Trinajstić information content (AvgIpc) is 2.88. The molecule has 23 heavy (non-hydrogen) atoms. The van der Waals surface area contributed by atoms with Crippen LogP contribution < -0.4 is 10.6 Å². The quantitative estimate of drug-likeness (QED) is 0.267. The number of hydrogen-bond acceptors (Lipinski definition) is 5. The van der Waals surface area contributed by atoms with Crippen LogP contribution >= 0.6 is 35.3 Å². The minimum atomic E-state index is -0.120. The summed E-state index contributed by atoms with van der Waals surface area (Å²) in [7, 11) is 3.53. The number of methoxy groups -OCH3 is 1. The molecule has 1 heterocycles. The molecule has 132 valence electrons. The molecule has 0 aliphatic rings. The molecule has 0 fully saturated rings. The van der Waals surface area contributed by atoms with Crippen LogP contribution in [0, 0.1) is 6.92 Å². The second-order valence-corrected chi connectivity index (χ2v) is 5.79. The van der Waals surface area contributed by atoms with Crippen molar-refractivity contribution in [2.75, 3.05) is 40.4 Å². The zero-order chi connectivity index (χ0) is 16.4. The molecule has 0 aromatic carbocycles. The Morgan fingerprint density at radius 2 is 2.22 bits per heavy atom. The van der Waals surface area contributed by atoms with E-state index in [1.165, 1.54) is 0 Å². The van der Waals surface area contributed by atoms with Crippen molar-refractivity contribution in [2.45, 2.75) is 20.4 Å².